The van der Waals surface area contributed by atoms with Gasteiger partial charge in [-0.05, 0) is 25.0 Å². The molecule has 0 N–H and O–H groups in total. The van der Waals surface area contributed by atoms with E-state index >= 15 is 0 Å². The van der Waals surface area contributed by atoms with Crippen LogP contribution in [0.15, 0.2) is 18.2 Å². The molecule has 0 heterocycles. The van der Waals surface area contributed by atoms with Crippen molar-refractivity contribution in [2.24, 2.45) is 0 Å². The molecule has 0 spiro atoms. The Morgan fingerprint density at radius 1 is 1.33 bits per heavy atom. The molecular formula is C11H13BrF2O. The monoisotopic (exact) mass is 278 g/mol. The maximum Gasteiger partial charge on any atom is 0.129 e. The molecule has 0 bridgehead atoms. The lowest BCUT2D eigenvalue weighted by atomic mass is 10.1. The molecule has 84 valence electrons. The maximum absolute atomic E-state index is 13.2. The highest BCUT2D eigenvalue weighted by atomic mass is 79.9. The van der Waals surface area contributed by atoms with Crippen LogP contribution in [0.3, 0.4) is 0 Å². The second kappa shape index (κ2) is 6.18. The molecule has 0 aliphatic heterocycles. The quantitative estimate of drug-likeness (QED) is 0.751. The maximum atomic E-state index is 13.2. The molecule has 1 aromatic rings. The average molecular weight is 279 g/mol. The summed E-state index contributed by atoms with van der Waals surface area (Å²) in [5, 5.41) is 0. The van der Waals surface area contributed by atoms with Gasteiger partial charge in [-0.2, -0.15) is 0 Å². The van der Waals surface area contributed by atoms with Gasteiger partial charge < -0.3 is 4.74 Å². The fraction of sp³-hybridized carbons (Fsp3) is 0.455. The SMILES string of the molecule is COCCC(Br)Cc1c(F)cccc1F. The number of methoxy groups -OCH3 is 1. The highest BCUT2D eigenvalue weighted by molar-refractivity contribution is 9.09. The van der Waals surface area contributed by atoms with Gasteiger partial charge in [-0.25, -0.2) is 8.78 Å². The minimum absolute atomic E-state index is 0.0313. The molecular weight excluding hydrogens is 266 g/mol. The van der Waals surface area contributed by atoms with Crippen LogP contribution in [0.4, 0.5) is 8.78 Å². The van der Waals surface area contributed by atoms with Gasteiger partial charge in [-0.15, -0.1) is 0 Å². The van der Waals surface area contributed by atoms with Crippen molar-refractivity contribution in [2.45, 2.75) is 17.7 Å². The van der Waals surface area contributed by atoms with Crippen LogP contribution in [-0.2, 0) is 11.2 Å². The van der Waals surface area contributed by atoms with Gasteiger partial charge in [0.2, 0.25) is 0 Å². The van der Waals surface area contributed by atoms with E-state index in [1.165, 1.54) is 18.2 Å². The zero-order valence-corrected chi connectivity index (χ0v) is 10.1. The van der Waals surface area contributed by atoms with Crippen molar-refractivity contribution < 1.29 is 13.5 Å². The molecule has 0 fully saturated rings. The first-order chi connectivity index (χ1) is 7.15. The smallest absolute Gasteiger partial charge is 0.129 e. The molecule has 1 aromatic carbocycles. The van der Waals surface area contributed by atoms with Crippen LogP contribution in [0.1, 0.15) is 12.0 Å². The van der Waals surface area contributed by atoms with Gasteiger partial charge in [0.15, 0.2) is 0 Å². The van der Waals surface area contributed by atoms with Crippen LogP contribution < -0.4 is 0 Å². The van der Waals surface area contributed by atoms with E-state index in [0.29, 0.717) is 13.0 Å². The Morgan fingerprint density at radius 2 is 1.93 bits per heavy atom. The Bertz CT molecular complexity index is 297. The van der Waals surface area contributed by atoms with E-state index in [1.54, 1.807) is 7.11 Å². The Morgan fingerprint density at radius 3 is 2.47 bits per heavy atom. The third-order valence-corrected chi connectivity index (χ3v) is 2.90. The standard InChI is InChI=1S/C11H13BrF2O/c1-15-6-5-8(12)7-9-10(13)3-2-4-11(9)14/h2-4,8H,5-7H2,1H3. The summed E-state index contributed by atoms with van der Waals surface area (Å²) in [7, 11) is 1.60. The average Bonchev–Trinajstić information content (AvgIpc) is 2.21. The van der Waals surface area contributed by atoms with Crippen LogP contribution in [0.25, 0.3) is 0 Å². The predicted octanol–water partition coefficient (Wildman–Crippen LogP) is 3.31. The van der Waals surface area contributed by atoms with Gasteiger partial charge in [0.25, 0.3) is 0 Å². The number of rotatable bonds is 5. The number of hydrogen-bond acceptors (Lipinski definition) is 1. The summed E-state index contributed by atoms with van der Waals surface area (Å²) >= 11 is 3.37. The molecule has 4 heteroatoms. The number of hydrogen-bond donors (Lipinski definition) is 0. The summed E-state index contributed by atoms with van der Waals surface area (Å²) in [5.74, 6) is -0.978. The molecule has 0 aliphatic rings. The van der Waals surface area contributed by atoms with Crippen LogP contribution in [-0.4, -0.2) is 18.5 Å². The lowest BCUT2D eigenvalue weighted by Crippen LogP contribution is -2.09. The van der Waals surface area contributed by atoms with Gasteiger partial charge in [0.1, 0.15) is 11.6 Å². The summed E-state index contributed by atoms with van der Waals surface area (Å²) in [4.78, 5) is 0.0313. The number of alkyl halides is 1. The second-order valence-corrected chi connectivity index (χ2v) is 4.58. The van der Waals surface area contributed by atoms with Crippen LogP contribution in [0, 0.1) is 11.6 Å². The molecule has 0 saturated heterocycles. The van der Waals surface area contributed by atoms with Gasteiger partial charge >= 0.3 is 0 Å². The number of ether oxygens (including phenoxy) is 1. The fourth-order valence-electron chi connectivity index (χ4n) is 1.30. The highest BCUT2D eigenvalue weighted by Crippen LogP contribution is 2.19. The van der Waals surface area contributed by atoms with Crippen LogP contribution in [0.2, 0.25) is 0 Å². The topological polar surface area (TPSA) is 9.23 Å². The zero-order valence-electron chi connectivity index (χ0n) is 8.47. The fourth-order valence-corrected chi connectivity index (χ4v) is 1.81. The first-order valence-corrected chi connectivity index (χ1v) is 5.62. The summed E-state index contributed by atoms with van der Waals surface area (Å²) in [5.41, 5.74) is 0.135. The highest BCUT2D eigenvalue weighted by Gasteiger charge is 2.13. The van der Waals surface area contributed by atoms with Gasteiger partial charge in [-0.3, -0.25) is 0 Å². The normalized spacial score (nSPS) is 12.8. The van der Waals surface area contributed by atoms with Gasteiger partial charge in [-0.1, -0.05) is 22.0 Å². The lowest BCUT2D eigenvalue weighted by molar-refractivity contribution is 0.194. The van der Waals surface area contributed by atoms with Gasteiger partial charge in [0.05, 0.1) is 0 Å². The molecule has 0 aromatic heterocycles. The Kier molecular flexibility index (Phi) is 5.19. The molecule has 0 amide bonds. The molecule has 1 rings (SSSR count). The first kappa shape index (κ1) is 12.6. The molecule has 1 nitrogen and oxygen atoms in total. The minimum atomic E-state index is -0.489. The van der Waals surface area contributed by atoms with E-state index in [0.717, 1.165) is 6.42 Å². The second-order valence-electron chi connectivity index (χ2n) is 3.28. The van der Waals surface area contributed by atoms with E-state index in [2.05, 4.69) is 15.9 Å². The molecule has 0 radical (unpaired) electrons. The van der Waals surface area contributed by atoms with Crippen molar-refractivity contribution in [3.05, 3.63) is 35.4 Å². The molecule has 0 aliphatic carbocycles. The minimum Gasteiger partial charge on any atom is -0.385 e. The third-order valence-electron chi connectivity index (χ3n) is 2.12. The van der Waals surface area contributed by atoms with Crippen molar-refractivity contribution in [1.82, 2.24) is 0 Å². The molecule has 15 heavy (non-hydrogen) atoms. The molecule has 0 saturated carbocycles. The van der Waals surface area contributed by atoms with E-state index in [4.69, 9.17) is 4.74 Å². The van der Waals surface area contributed by atoms with E-state index < -0.39 is 11.6 Å². The Balaban J connectivity index is 2.63. The summed E-state index contributed by atoms with van der Waals surface area (Å²) in [6.45, 7) is 0.575. The van der Waals surface area contributed by atoms with Gasteiger partial charge in [0, 0.05) is 24.1 Å². The van der Waals surface area contributed by atoms with Crippen molar-refractivity contribution in [3.8, 4) is 0 Å². The Labute approximate surface area is 96.6 Å². The number of benzene rings is 1. The first-order valence-electron chi connectivity index (χ1n) is 4.71. The zero-order chi connectivity index (χ0) is 11.3. The van der Waals surface area contributed by atoms with Crippen molar-refractivity contribution in [1.29, 1.82) is 0 Å². The van der Waals surface area contributed by atoms with Crippen molar-refractivity contribution in [3.63, 3.8) is 0 Å². The van der Waals surface area contributed by atoms with Crippen LogP contribution >= 0.6 is 15.9 Å². The van der Waals surface area contributed by atoms with E-state index in [-0.39, 0.29) is 10.4 Å². The van der Waals surface area contributed by atoms with E-state index in [1.807, 2.05) is 0 Å². The predicted molar refractivity (Wildman–Crippen MR) is 59.3 cm³/mol. The molecule has 1 atom stereocenters. The summed E-state index contributed by atoms with van der Waals surface area (Å²) in [6.07, 6.45) is 1.06. The Hall–Kier alpha value is -0.480. The van der Waals surface area contributed by atoms with E-state index in [9.17, 15) is 8.78 Å². The summed E-state index contributed by atoms with van der Waals surface area (Å²) < 4.78 is 31.4. The largest absolute Gasteiger partial charge is 0.385 e. The summed E-state index contributed by atoms with van der Waals surface area (Å²) in [6, 6.07) is 3.91. The third kappa shape index (κ3) is 3.87. The number of halogens is 3. The van der Waals surface area contributed by atoms with Crippen molar-refractivity contribution in [2.75, 3.05) is 13.7 Å². The lowest BCUT2D eigenvalue weighted by Gasteiger charge is -2.10. The van der Waals surface area contributed by atoms with Crippen LogP contribution in [0.5, 0.6) is 0 Å². The molecule has 1 unspecified atom stereocenters. The van der Waals surface area contributed by atoms with Crippen molar-refractivity contribution >= 4 is 15.9 Å².